The van der Waals surface area contributed by atoms with Gasteiger partial charge in [-0.3, -0.25) is 9.59 Å². The summed E-state index contributed by atoms with van der Waals surface area (Å²) in [5.74, 6) is -0.525. The molecule has 0 aliphatic rings. The van der Waals surface area contributed by atoms with Crippen molar-refractivity contribution in [3.8, 4) is 0 Å². The lowest BCUT2D eigenvalue weighted by molar-refractivity contribution is 0.0954. The van der Waals surface area contributed by atoms with Crippen LogP contribution in [0.25, 0.3) is 6.08 Å². The molecule has 0 aliphatic carbocycles. The number of amides is 2. The smallest absolute Gasteiger partial charge is 0.271 e. The number of hydrogen-bond acceptors (Lipinski definition) is 3. The van der Waals surface area contributed by atoms with Crippen LogP contribution in [0.15, 0.2) is 90.0 Å². The van der Waals surface area contributed by atoms with E-state index in [4.69, 9.17) is 0 Å². The van der Waals surface area contributed by atoms with Gasteiger partial charge in [0.25, 0.3) is 11.8 Å². The minimum Gasteiger partial charge on any atom is -0.322 e. The molecule has 3 aromatic rings. The van der Waals surface area contributed by atoms with E-state index < -0.39 is 0 Å². The number of rotatable bonds is 6. The normalized spacial score (nSPS) is 10.9. The Morgan fingerprint density at radius 2 is 1.41 bits per heavy atom. The van der Waals surface area contributed by atoms with Gasteiger partial charge in [0.2, 0.25) is 0 Å². The Hall–Kier alpha value is -3.99. The lowest BCUT2D eigenvalue weighted by Crippen LogP contribution is -2.17. The third-order valence-electron chi connectivity index (χ3n) is 4.13. The van der Waals surface area contributed by atoms with Crippen molar-refractivity contribution in [3.05, 3.63) is 107 Å². The number of nitrogens with one attached hydrogen (secondary N) is 2. The van der Waals surface area contributed by atoms with E-state index in [-0.39, 0.29) is 11.8 Å². The van der Waals surface area contributed by atoms with Crippen molar-refractivity contribution in [1.82, 2.24) is 5.43 Å². The Labute approximate surface area is 169 Å². The molecule has 0 saturated carbocycles. The van der Waals surface area contributed by atoms with Crippen LogP contribution in [0.3, 0.4) is 0 Å². The van der Waals surface area contributed by atoms with Gasteiger partial charge in [-0.25, -0.2) is 5.43 Å². The van der Waals surface area contributed by atoms with Gasteiger partial charge in [-0.2, -0.15) is 5.10 Å². The summed E-state index contributed by atoms with van der Waals surface area (Å²) in [6.07, 6.45) is 5.15. The van der Waals surface area contributed by atoms with Crippen molar-refractivity contribution in [1.29, 1.82) is 0 Å². The molecule has 0 atom stereocenters. The Morgan fingerprint density at radius 1 is 0.793 bits per heavy atom. The number of nitrogens with zero attached hydrogens (tertiary/aromatic N) is 1. The van der Waals surface area contributed by atoms with Gasteiger partial charge in [-0.15, -0.1) is 0 Å². The summed E-state index contributed by atoms with van der Waals surface area (Å²) < 4.78 is 0. The number of anilines is 1. The molecular weight excluding hydrogens is 362 g/mol. The molecule has 144 valence electrons. The fourth-order valence-corrected chi connectivity index (χ4v) is 2.53. The molecule has 3 rings (SSSR count). The summed E-state index contributed by atoms with van der Waals surface area (Å²) in [4.78, 5) is 24.4. The van der Waals surface area contributed by atoms with Crippen LogP contribution in [0.2, 0.25) is 0 Å². The molecule has 0 radical (unpaired) electrons. The largest absolute Gasteiger partial charge is 0.322 e. The van der Waals surface area contributed by atoms with Crippen LogP contribution in [-0.4, -0.2) is 18.0 Å². The zero-order valence-electron chi connectivity index (χ0n) is 16.0. The molecule has 5 heteroatoms. The monoisotopic (exact) mass is 383 g/mol. The van der Waals surface area contributed by atoms with E-state index in [1.54, 1.807) is 42.5 Å². The van der Waals surface area contributed by atoms with Crippen molar-refractivity contribution in [2.45, 2.75) is 6.92 Å². The number of carbonyl (C=O) groups is 2. The number of carbonyl (C=O) groups excluding carboxylic acids is 2. The molecule has 0 bridgehead atoms. The maximum absolute atomic E-state index is 12.2. The van der Waals surface area contributed by atoms with Gasteiger partial charge in [0.15, 0.2) is 0 Å². The topological polar surface area (TPSA) is 70.6 Å². The maximum atomic E-state index is 12.2. The molecule has 2 N–H and O–H groups in total. The summed E-state index contributed by atoms with van der Waals surface area (Å²) in [5.41, 5.74) is 6.25. The number of benzene rings is 3. The van der Waals surface area contributed by atoms with Crippen LogP contribution < -0.4 is 10.7 Å². The number of hydrazone groups is 1. The average molecular weight is 383 g/mol. The van der Waals surface area contributed by atoms with E-state index >= 15 is 0 Å². The minimum atomic E-state index is -0.328. The summed E-state index contributed by atoms with van der Waals surface area (Å²) in [5, 5.41) is 6.71. The first-order chi connectivity index (χ1) is 14.1. The quantitative estimate of drug-likeness (QED) is 0.479. The lowest BCUT2D eigenvalue weighted by Gasteiger charge is -2.06. The average Bonchev–Trinajstić information content (AvgIpc) is 2.75. The third kappa shape index (κ3) is 6.01. The first kappa shape index (κ1) is 19.8. The van der Waals surface area contributed by atoms with Crippen LogP contribution in [0.1, 0.15) is 31.8 Å². The predicted molar refractivity (Wildman–Crippen MR) is 117 cm³/mol. The van der Waals surface area contributed by atoms with Crippen LogP contribution >= 0.6 is 0 Å². The van der Waals surface area contributed by atoms with Crippen molar-refractivity contribution >= 4 is 29.8 Å². The molecule has 0 aliphatic heterocycles. The predicted octanol–water partition coefficient (Wildman–Crippen LogP) is 4.68. The van der Waals surface area contributed by atoms with Gasteiger partial charge >= 0.3 is 0 Å². The fourth-order valence-electron chi connectivity index (χ4n) is 2.53. The van der Waals surface area contributed by atoms with Gasteiger partial charge in [-0.1, -0.05) is 54.1 Å². The van der Waals surface area contributed by atoms with E-state index in [1.165, 1.54) is 6.21 Å². The zero-order valence-corrected chi connectivity index (χ0v) is 16.0. The Kier molecular flexibility index (Phi) is 6.68. The number of hydrogen-bond donors (Lipinski definition) is 2. The molecule has 0 heterocycles. The van der Waals surface area contributed by atoms with Crippen molar-refractivity contribution in [3.63, 3.8) is 0 Å². The molecule has 0 saturated heterocycles. The SMILES string of the molecule is Cc1ccc(C(=O)Nc2ccc(C(=O)N/N=C\C=C\c3ccccc3)cc2)cc1. The van der Waals surface area contributed by atoms with E-state index in [2.05, 4.69) is 15.8 Å². The van der Waals surface area contributed by atoms with Gasteiger partial charge in [0.1, 0.15) is 0 Å². The van der Waals surface area contributed by atoms with E-state index in [1.807, 2.05) is 55.5 Å². The second-order valence-corrected chi connectivity index (χ2v) is 6.39. The molecule has 0 spiro atoms. The maximum Gasteiger partial charge on any atom is 0.271 e. The van der Waals surface area contributed by atoms with Crippen molar-refractivity contribution < 1.29 is 9.59 Å². The Morgan fingerprint density at radius 3 is 2.10 bits per heavy atom. The molecule has 2 amide bonds. The molecule has 0 aromatic heterocycles. The highest BCUT2D eigenvalue weighted by Crippen LogP contribution is 2.12. The van der Waals surface area contributed by atoms with Gasteiger partial charge in [-0.05, 0) is 55.0 Å². The summed E-state index contributed by atoms with van der Waals surface area (Å²) in [6, 6.07) is 23.8. The highest BCUT2D eigenvalue weighted by atomic mass is 16.2. The summed E-state index contributed by atoms with van der Waals surface area (Å²) in [7, 11) is 0. The third-order valence-corrected chi connectivity index (χ3v) is 4.13. The van der Waals surface area contributed by atoms with Gasteiger partial charge < -0.3 is 5.32 Å². The number of aryl methyl sites for hydroxylation is 1. The van der Waals surface area contributed by atoms with E-state index in [0.29, 0.717) is 16.8 Å². The van der Waals surface area contributed by atoms with Gasteiger partial charge in [0.05, 0.1) is 0 Å². The second-order valence-electron chi connectivity index (χ2n) is 6.39. The van der Waals surface area contributed by atoms with Crippen LogP contribution in [-0.2, 0) is 0 Å². The minimum absolute atomic E-state index is 0.197. The van der Waals surface area contributed by atoms with E-state index in [9.17, 15) is 9.59 Å². The number of allylic oxidation sites excluding steroid dienone is 1. The summed E-state index contributed by atoms with van der Waals surface area (Å²) in [6.45, 7) is 1.97. The Balaban J connectivity index is 1.52. The molecular formula is C24H21N3O2. The molecule has 5 nitrogen and oxygen atoms in total. The lowest BCUT2D eigenvalue weighted by atomic mass is 10.1. The summed E-state index contributed by atoms with van der Waals surface area (Å²) >= 11 is 0. The van der Waals surface area contributed by atoms with Gasteiger partial charge in [0, 0.05) is 23.0 Å². The highest BCUT2D eigenvalue weighted by molar-refractivity contribution is 6.04. The Bertz CT molecular complexity index is 1020. The van der Waals surface area contributed by atoms with Crippen LogP contribution in [0, 0.1) is 6.92 Å². The van der Waals surface area contributed by atoms with Crippen LogP contribution in [0.5, 0.6) is 0 Å². The standard InChI is InChI=1S/C24H21N3O2/c1-18-9-11-20(12-10-18)23(28)26-22-15-13-21(14-16-22)24(29)27-25-17-5-8-19-6-3-2-4-7-19/h2-17H,1H3,(H,26,28)(H,27,29)/b8-5+,25-17-. The second kappa shape index (κ2) is 9.80. The molecule has 3 aromatic carbocycles. The van der Waals surface area contributed by atoms with E-state index in [0.717, 1.165) is 11.1 Å². The first-order valence-corrected chi connectivity index (χ1v) is 9.15. The fraction of sp³-hybridized carbons (Fsp3) is 0.0417. The first-order valence-electron chi connectivity index (χ1n) is 9.15. The van der Waals surface area contributed by atoms with Crippen LogP contribution in [0.4, 0.5) is 5.69 Å². The zero-order chi connectivity index (χ0) is 20.5. The van der Waals surface area contributed by atoms with Crippen molar-refractivity contribution in [2.24, 2.45) is 5.10 Å². The van der Waals surface area contributed by atoms with Crippen molar-refractivity contribution in [2.75, 3.05) is 5.32 Å². The molecule has 0 unspecified atom stereocenters. The molecule has 29 heavy (non-hydrogen) atoms. The highest BCUT2D eigenvalue weighted by Gasteiger charge is 2.07. The molecule has 0 fully saturated rings.